The molecule has 6 rings (SSSR count). The minimum Gasteiger partial charge on any atom is -0.382 e. The van der Waals surface area contributed by atoms with Crippen molar-refractivity contribution in [3.05, 3.63) is 68.1 Å². The predicted molar refractivity (Wildman–Crippen MR) is 148 cm³/mol. The van der Waals surface area contributed by atoms with Crippen molar-refractivity contribution >= 4 is 44.8 Å². The number of aliphatic hydroxyl groups is 1. The van der Waals surface area contributed by atoms with Gasteiger partial charge >= 0.3 is 0 Å². The zero-order valence-corrected chi connectivity index (χ0v) is 24.0. The molecule has 0 aliphatic heterocycles. The summed E-state index contributed by atoms with van der Waals surface area (Å²) < 4.78 is 42.1. The highest BCUT2D eigenvalue weighted by Gasteiger charge is 2.56. The number of nitrogens with zero attached hydrogens (tertiary/aromatic N) is 3. The third-order valence-electron chi connectivity index (χ3n) is 8.11. The lowest BCUT2D eigenvalue weighted by Gasteiger charge is -2.41. The van der Waals surface area contributed by atoms with Crippen molar-refractivity contribution in [2.45, 2.75) is 63.5 Å². The van der Waals surface area contributed by atoms with E-state index in [0.29, 0.717) is 49.4 Å². The molecular weight excluding hydrogens is 579 g/mol. The maximum absolute atomic E-state index is 15.1. The molecule has 2 aliphatic carbocycles. The zero-order valence-electron chi connectivity index (χ0n) is 21.7. The predicted octanol–water partition coefficient (Wildman–Crippen LogP) is 8.07. The van der Waals surface area contributed by atoms with Gasteiger partial charge in [0.1, 0.15) is 21.8 Å². The van der Waals surface area contributed by atoms with Crippen molar-refractivity contribution in [3.63, 3.8) is 0 Å². The smallest absolute Gasteiger partial charge is 0.179 e. The number of rotatable bonds is 6. The van der Waals surface area contributed by atoms with Crippen molar-refractivity contribution in [1.82, 2.24) is 10.1 Å². The van der Waals surface area contributed by atoms with E-state index in [2.05, 4.69) is 10.1 Å². The van der Waals surface area contributed by atoms with Gasteiger partial charge in [0, 0.05) is 5.56 Å². The number of ether oxygens (including phenoxy) is 1. The Morgan fingerprint density at radius 1 is 1.23 bits per heavy atom. The molecule has 2 atom stereocenters. The summed E-state index contributed by atoms with van der Waals surface area (Å²) in [4.78, 5) is 4.49. The number of hydrogen-bond donors (Lipinski definition) is 1. The van der Waals surface area contributed by atoms with Crippen molar-refractivity contribution in [3.8, 4) is 17.3 Å². The molecule has 208 valence electrons. The van der Waals surface area contributed by atoms with E-state index in [9.17, 15) is 14.8 Å². The lowest BCUT2D eigenvalue weighted by Crippen LogP contribution is -2.44. The Morgan fingerprint density at radius 3 is 2.52 bits per heavy atom. The van der Waals surface area contributed by atoms with Gasteiger partial charge in [0.25, 0.3) is 0 Å². The van der Waals surface area contributed by atoms with E-state index < -0.39 is 17.1 Å². The molecule has 2 heterocycles. The van der Waals surface area contributed by atoms with Crippen LogP contribution >= 0.6 is 34.5 Å². The van der Waals surface area contributed by atoms with Crippen LogP contribution in [0, 0.1) is 29.0 Å². The van der Waals surface area contributed by atoms with E-state index >= 15 is 4.39 Å². The normalized spacial score (nSPS) is 24.5. The number of benzene rings is 2. The van der Waals surface area contributed by atoms with Gasteiger partial charge in [-0.1, -0.05) is 34.4 Å². The van der Waals surface area contributed by atoms with Crippen molar-refractivity contribution < 1.29 is 23.1 Å². The van der Waals surface area contributed by atoms with E-state index in [1.807, 2.05) is 6.07 Å². The molecule has 2 aliphatic rings. The quantitative estimate of drug-likeness (QED) is 0.239. The van der Waals surface area contributed by atoms with Crippen molar-refractivity contribution in [1.29, 1.82) is 5.26 Å². The Balaban J connectivity index is 1.26. The second-order valence-corrected chi connectivity index (χ2v) is 12.9. The summed E-state index contributed by atoms with van der Waals surface area (Å²) in [6.07, 6.45) is 2.45. The van der Waals surface area contributed by atoms with Crippen molar-refractivity contribution in [2.75, 3.05) is 0 Å². The van der Waals surface area contributed by atoms with Crippen LogP contribution < -0.4 is 0 Å². The number of aromatic nitrogens is 2. The lowest BCUT2D eigenvalue weighted by atomic mass is 9.73. The maximum atomic E-state index is 15.1. The number of fused-ring (bicyclic) bond motifs is 3. The molecule has 0 saturated heterocycles. The molecule has 1 N–H and O–H groups in total. The number of nitriles is 1. The molecular formula is C29H25Cl2F2N3O3S. The van der Waals surface area contributed by atoms with Crippen LogP contribution in [0.25, 0.3) is 21.5 Å². The van der Waals surface area contributed by atoms with E-state index in [1.165, 1.54) is 25.2 Å². The van der Waals surface area contributed by atoms with Gasteiger partial charge in [0.15, 0.2) is 17.2 Å². The topological polar surface area (TPSA) is 92.2 Å². The monoisotopic (exact) mass is 603 g/mol. The van der Waals surface area contributed by atoms with Gasteiger partial charge in [0.05, 0.1) is 44.7 Å². The van der Waals surface area contributed by atoms with Crippen LogP contribution in [-0.2, 0) is 22.6 Å². The summed E-state index contributed by atoms with van der Waals surface area (Å²) in [6.45, 7) is 2.79. The minimum atomic E-state index is -1.82. The third-order valence-corrected chi connectivity index (χ3v) is 9.89. The minimum absolute atomic E-state index is 0.0227. The van der Waals surface area contributed by atoms with E-state index in [4.69, 9.17) is 32.5 Å². The molecule has 2 bridgehead atoms. The first-order valence-corrected chi connectivity index (χ1v) is 14.5. The van der Waals surface area contributed by atoms with Crippen LogP contribution in [0.3, 0.4) is 0 Å². The van der Waals surface area contributed by atoms with Crippen LogP contribution in [0.1, 0.15) is 61.4 Å². The molecule has 2 fully saturated rings. The highest BCUT2D eigenvalue weighted by Crippen LogP contribution is 2.57. The summed E-state index contributed by atoms with van der Waals surface area (Å²) in [7, 11) is 0. The summed E-state index contributed by atoms with van der Waals surface area (Å²) >= 11 is 14.1. The van der Waals surface area contributed by atoms with Crippen LogP contribution in [0.5, 0.6) is 0 Å². The summed E-state index contributed by atoms with van der Waals surface area (Å²) in [6, 6.07) is 9.80. The standard InChI is InChI=1S/C29H25Cl2F2N3O3S/c1-28(2,33)26-18(24(36-39-26)23-19(30)4-3-5-20(23)31)13-38-17-10-15-6-7-16(11-17)29(15,37)27-35-25-21(32)8-14(12-34)9-22(25)40-27/h3-5,8-9,15-17,37H,6-7,10-11,13H2,1-2H3. The van der Waals surface area contributed by atoms with Crippen molar-refractivity contribution in [2.24, 2.45) is 11.8 Å². The molecule has 2 aromatic carbocycles. The summed E-state index contributed by atoms with van der Waals surface area (Å²) in [5.74, 6) is -0.819. The molecule has 11 heteroatoms. The van der Waals surface area contributed by atoms with Gasteiger partial charge in [-0.2, -0.15) is 5.26 Å². The van der Waals surface area contributed by atoms with E-state index in [1.54, 1.807) is 24.3 Å². The van der Waals surface area contributed by atoms with Gasteiger partial charge in [-0.05, 0) is 75.6 Å². The Kier molecular flexibility index (Phi) is 6.91. The van der Waals surface area contributed by atoms with Gasteiger partial charge in [-0.25, -0.2) is 13.8 Å². The number of hydrogen-bond acceptors (Lipinski definition) is 7. The van der Waals surface area contributed by atoms with Crippen LogP contribution in [0.15, 0.2) is 34.9 Å². The molecule has 0 amide bonds. The molecule has 0 spiro atoms. The first-order valence-electron chi connectivity index (χ1n) is 13.0. The second-order valence-electron chi connectivity index (χ2n) is 11.0. The molecule has 2 aromatic heterocycles. The SMILES string of the molecule is CC(C)(F)c1onc(-c2c(Cl)cccc2Cl)c1COC1CC2CCC(C1)C2(O)c1nc2c(F)cc(C#N)cc2s1. The largest absolute Gasteiger partial charge is 0.382 e. The van der Waals surface area contributed by atoms with Gasteiger partial charge in [-0.3, -0.25) is 0 Å². The molecule has 2 unspecified atom stereocenters. The molecule has 4 aromatic rings. The van der Waals surface area contributed by atoms with Crippen LogP contribution in [-0.4, -0.2) is 21.4 Å². The average Bonchev–Trinajstić information content (AvgIpc) is 3.55. The number of alkyl halides is 1. The first kappa shape index (κ1) is 27.6. The maximum Gasteiger partial charge on any atom is 0.179 e. The molecule has 40 heavy (non-hydrogen) atoms. The van der Waals surface area contributed by atoms with Crippen LogP contribution in [0.4, 0.5) is 8.78 Å². The van der Waals surface area contributed by atoms with E-state index in [0.717, 1.165) is 18.9 Å². The fourth-order valence-corrected chi connectivity index (χ4v) is 8.09. The Labute approximate surface area is 243 Å². The van der Waals surface area contributed by atoms with Gasteiger partial charge in [-0.15, -0.1) is 11.3 Å². The lowest BCUT2D eigenvalue weighted by molar-refractivity contribution is -0.116. The highest BCUT2D eigenvalue weighted by molar-refractivity contribution is 7.18. The third kappa shape index (κ3) is 4.50. The summed E-state index contributed by atoms with van der Waals surface area (Å²) in [5, 5.41) is 26.5. The fourth-order valence-electron chi connectivity index (χ4n) is 6.24. The van der Waals surface area contributed by atoms with Gasteiger partial charge < -0.3 is 14.4 Å². The Morgan fingerprint density at radius 2 is 1.90 bits per heavy atom. The van der Waals surface area contributed by atoms with Gasteiger partial charge in [0.2, 0.25) is 0 Å². The molecule has 0 radical (unpaired) electrons. The number of thiazole rings is 1. The van der Waals surface area contributed by atoms with E-state index in [-0.39, 0.29) is 41.4 Å². The zero-order chi connectivity index (χ0) is 28.4. The highest BCUT2D eigenvalue weighted by atomic mass is 35.5. The Hall–Kier alpha value is -2.61. The Bertz CT molecular complexity index is 1620. The van der Waals surface area contributed by atoms with Crippen LogP contribution in [0.2, 0.25) is 10.0 Å². The first-order chi connectivity index (χ1) is 19.0. The molecule has 6 nitrogen and oxygen atoms in total. The second kappa shape index (κ2) is 10.0. The number of halogens is 4. The fraction of sp³-hybridized carbons (Fsp3) is 0.414. The summed E-state index contributed by atoms with van der Waals surface area (Å²) in [5.41, 5.74) is -1.42. The molecule has 2 saturated carbocycles. The average molecular weight is 605 g/mol.